The number of amides is 1. The van der Waals surface area contributed by atoms with Crippen LogP contribution in [0.3, 0.4) is 0 Å². The highest BCUT2D eigenvalue weighted by Gasteiger charge is 2.14. The van der Waals surface area contributed by atoms with E-state index in [0.29, 0.717) is 20.0 Å². The molecule has 0 atom stereocenters. The van der Waals surface area contributed by atoms with Crippen molar-refractivity contribution in [1.29, 1.82) is 0 Å². The van der Waals surface area contributed by atoms with E-state index in [-0.39, 0.29) is 27.4 Å². The number of aromatic amines is 1. The van der Waals surface area contributed by atoms with Crippen LogP contribution in [0.5, 0.6) is 0 Å². The number of rotatable bonds is 5. The van der Waals surface area contributed by atoms with Gasteiger partial charge in [0, 0.05) is 11.4 Å². The Morgan fingerprint density at radius 3 is 2.80 bits per heavy atom. The Bertz CT molecular complexity index is 1370. The zero-order valence-electron chi connectivity index (χ0n) is 15.0. The molecule has 4 rings (SSSR count). The third-order valence-electron chi connectivity index (χ3n) is 3.98. The van der Waals surface area contributed by atoms with Crippen molar-refractivity contribution in [3.63, 3.8) is 0 Å². The van der Waals surface area contributed by atoms with E-state index in [2.05, 4.69) is 15.3 Å². The van der Waals surface area contributed by atoms with E-state index in [9.17, 15) is 14.0 Å². The number of carbonyl (C=O) groups is 1. The van der Waals surface area contributed by atoms with E-state index in [0.717, 1.165) is 17.4 Å². The first kappa shape index (κ1) is 20.7. The van der Waals surface area contributed by atoms with E-state index in [4.69, 9.17) is 23.8 Å². The lowest BCUT2D eigenvalue weighted by atomic mass is 10.3. The lowest BCUT2D eigenvalue weighted by molar-refractivity contribution is -0.113. The number of H-pyrrole nitrogens is 1. The fraction of sp³-hybridized carbons (Fsp3) is 0.0526. The van der Waals surface area contributed by atoms with E-state index in [1.807, 2.05) is 30.3 Å². The zero-order valence-corrected chi connectivity index (χ0v) is 18.2. The highest BCUT2D eigenvalue weighted by Crippen LogP contribution is 2.25. The summed E-state index contributed by atoms with van der Waals surface area (Å²) in [6.07, 6.45) is 0. The van der Waals surface area contributed by atoms with Crippen LogP contribution in [0.2, 0.25) is 5.02 Å². The average molecular weight is 479 g/mol. The molecule has 0 saturated carbocycles. The zero-order chi connectivity index (χ0) is 21.3. The molecule has 4 aromatic rings. The fourth-order valence-corrected chi connectivity index (χ4v) is 4.78. The number of carbonyl (C=O) groups excluding carboxylic acids is 1. The van der Waals surface area contributed by atoms with Gasteiger partial charge >= 0.3 is 0 Å². The second-order valence-corrected chi connectivity index (χ2v) is 9.04. The van der Waals surface area contributed by atoms with Gasteiger partial charge in [-0.3, -0.25) is 14.2 Å². The van der Waals surface area contributed by atoms with Crippen molar-refractivity contribution in [2.75, 3.05) is 11.1 Å². The molecule has 2 aromatic heterocycles. The van der Waals surface area contributed by atoms with Gasteiger partial charge in [0.2, 0.25) is 5.91 Å². The third kappa shape index (κ3) is 4.31. The van der Waals surface area contributed by atoms with Gasteiger partial charge in [-0.1, -0.05) is 52.9 Å². The Morgan fingerprint density at radius 1 is 1.30 bits per heavy atom. The minimum atomic E-state index is -0.567. The minimum absolute atomic E-state index is 0.0142. The summed E-state index contributed by atoms with van der Waals surface area (Å²) in [6.45, 7) is 0. The van der Waals surface area contributed by atoms with Crippen LogP contribution in [0.4, 0.5) is 10.1 Å². The number of thioether (sulfide) groups is 1. The molecule has 6 nitrogen and oxygen atoms in total. The molecule has 0 saturated heterocycles. The molecule has 0 aliphatic heterocycles. The Labute approximate surface area is 187 Å². The van der Waals surface area contributed by atoms with Gasteiger partial charge < -0.3 is 10.3 Å². The van der Waals surface area contributed by atoms with E-state index < -0.39 is 5.82 Å². The maximum atomic E-state index is 13.2. The maximum Gasteiger partial charge on any atom is 0.271 e. The second-order valence-electron chi connectivity index (χ2n) is 6.03. The Morgan fingerprint density at radius 2 is 2.07 bits per heavy atom. The summed E-state index contributed by atoms with van der Waals surface area (Å²) in [5.74, 6) is -0.932. The van der Waals surface area contributed by atoms with Gasteiger partial charge in [-0.05, 0) is 42.5 Å². The van der Waals surface area contributed by atoms with Crippen molar-refractivity contribution < 1.29 is 9.18 Å². The molecular formula is C19H12ClFN4O2S3. The fourth-order valence-electron chi connectivity index (χ4n) is 2.67. The van der Waals surface area contributed by atoms with Crippen molar-refractivity contribution in [3.8, 4) is 5.69 Å². The first-order valence-electron chi connectivity index (χ1n) is 8.51. The lowest BCUT2D eigenvalue weighted by Crippen LogP contribution is -2.15. The molecule has 0 aliphatic carbocycles. The normalized spacial score (nSPS) is 11.0. The van der Waals surface area contributed by atoms with Gasteiger partial charge in [-0.25, -0.2) is 9.37 Å². The summed E-state index contributed by atoms with van der Waals surface area (Å²) < 4.78 is 15.9. The number of anilines is 1. The molecule has 0 fully saturated rings. The summed E-state index contributed by atoms with van der Waals surface area (Å²) in [6, 6.07) is 13.3. The second kappa shape index (κ2) is 8.68. The van der Waals surface area contributed by atoms with Gasteiger partial charge in [0.05, 0.1) is 10.8 Å². The number of aromatic nitrogens is 3. The van der Waals surface area contributed by atoms with Crippen LogP contribution in [0.1, 0.15) is 0 Å². The van der Waals surface area contributed by atoms with Gasteiger partial charge in [-0.2, -0.15) is 0 Å². The molecule has 0 spiro atoms. The SMILES string of the molecule is O=C(CSc1nc2c(sc(=S)n2-c2ccccc2)c(=O)[nH]1)Nc1ccc(F)c(Cl)c1. The Kier molecular flexibility index (Phi) is 6.00. The highest BCUT2D eigenvalue weighted by atomic mass is 35.5. The molecule has 0 bridgehead atoms. The maximum absolute atomic E-state index is 13.2. The van der Waals surface area contributed by atoms with Crippen LogP contribution in [-0.2, 0) is 4.79 Å². The van der Waals surface area contributed by atoms with Crippen molar-refractivity contribution >= 4 is 68.9 Å². The van der Waals surface area contributed by atoms with Gasteiger partial charge in [-0.15, -0.1) is 0 Å². The topological polar surface area (TPSA) is 79.8 Å². The number of nitrogens with one attached hydrogen (secondary N) is 2. The average Bonchev–Trinajstić information content (AvgIpc) is 3.06. The largest absolute Gasteiger partial charge is 0.325 e. The molecule has 0 radical (unpaired) electrons. The molecule has 2 N–H and O–H groups in total. The smallest absolute Gasteiger partial charge is 0.271 e. The standard InChI is InChI=1S/C19H12ClFN4O2S3/c20-12-8-10(6-7-13(12)21)22-14(26)9-29-18-23-16-15(17(27)24-18)30-19(28)25(16)11-4-2-1-3-5-11/h1-8H,9H2,(H,22,26)(H,23,24,27). The first-order valence-corrected chi connectivity index (χ1v) is 11.1. The summed E-state index contributed by atoms with van der Waals surface area (Å²) in [5, 5.41) is 2.83. The van der Waals surface area contributed by atoms with Crippen LogP contribution >= 0.6 is 46.9 Å². The molecule has 1 amide bonds. The van der Waals surface area contributed by atoms with Crippen LogP contribution < -0.4 is 10.9 Å². The van der Waals surface area contributed by atoms with Crippen LogP contribution in [0, 0.1) is 9.77 Å². The molecule has 30 heavy (non-hydrogen) atoms. The minimum Gasteiger partial charge on any atom is -0.325 e. The molecule has 0 aliphatic rings. The van der Waals surface area contributed by atoms with Gasteiger partial charge in [0.15, 0.2) is 14.8 Å². The summed E-state index contributed by atoms with van der Waals surface area (Å²) in [4.78, 5) is 31.9. The predicted molar refractivity (Wildman–Crippen MR) is 121 cm³/mol. The summed E-state index contributed by atoms with van der Waals surface area (Å²) >= 11 is 13.4. The lowest BCUT2D eigenvalue weighted by Gasteiger charge is -2.07. The molecular weight excluding hydrogens is 467 g/mol. The van der Waals surface area contributed by atoms with Gasteiger partial charge in [0.25, 0.3) is 5.56 Å². The van der Waals surface area contributed by atoms with Crippen LogP contribution in [0.15, 0.2) is 58.5 Å². The number of benzene rings is 2. The number of para-hydroxylation sites is 1. The quantitative estimate of drug-likeness (QED) is 0.239. The predicted octanol–water partition coefficient (Wildman–Crippen LogP) is 5.03. The summed E-state index contributed by atoms with van der Waals surface area (Å²) in [5.41, 5.74) is 1.29. The number of thiazole rings is 1. The van der Waals surface area contributed by atoms with Crippen molar-refractivity contribution in [2.45, 2.75) is 5.16 Å². The third-order valence-corrected chi connectivity index (χ3v) is 6.50. The first-order chi connectivity index (χ1) is 14.4. The number of halogens is 2. The van der Waals surface area contributed by atoms with Crippen LogP contribution in [0.25, 0.3) is 16.0 Å². The molecule has 2 heterocycles. The van der Waals surface area contributed by atoms with E-state index >= 15 is 0 Å². The molecule has 2 aromatic carbocycles. The number of nitrogens with zero attached hydrogens (tertiary/aromatic N) is 2. The number of hydrogen-bond acceptors (Lipinski definition) is 6. The van der Waals surface area contributed by atoms with E-state index in [1.54, 1.807) is 4.57 Å². The summed E-state index contributed by atoms with van der Waals surface area (Å²) in [7, 11) is 0. The number of fused-ring (bicyclic) bond motifs is 1. The van der Waals surface area contributed by atoms with Crippen molar-refractivity contribution in [3.05, 3.63) is 73.7 Å². The highest BCUT2D eigenvalue weighted by molar-refractivity contribution is 7.99. The van der Waals surface area contributed by atoms with E-state index in [1.165, 1.54) is 29.5 Å². The Hall–Kier alpha value is -2.53. The molecule has 152 valence electrons. The van der Waals surface area contributed by atoms with Crippen molar-refractivity contribution in [2.24, 2.45) is 0 Å². The number of hydrogen-bond donors (Lipinski definition) is 2. The molecule has 0 unspecified atom stereocenters. The van der Waals surface area contributed by atoms with Crippen LogP contribution in [-0.4, -0.2) is 26.2 Å². The monoisotopic (exact) mass is 478 g/mol. The van der Waals surface area contributed by atoms with Crippen molar-refractivity contribution in [1.82, 2.24) is 14.5 Å². The Balaban J connectivity index is 1.57. The molecule has 11 heteroatoms. The van der Waals surface area contributed by atoms with Gasteiger partial charge in [0.1, 0.15) is 10.5 Å².